The third kappa shape index (κ3) is 3.49. The molecule has 94 valence electrons. The Morgan fingerprint density at radius 3 is 3.00 bits per heavy atom. The van der Waals surface area contributed by atoms with Crippen LogP contribution in [0.2, 0.25) is 0 Å². The monoisotopic (exact) mass is 303 g/mol. The number of hydrogen-bond donors (Lipinski definition) is 1. The Morgan fingerprint density at radius 1 is 1.47 bits per heavy atom. The van der Waals surface area contributed by atoms with Gasteiger partial charge in [0.1, 0.15) is 12.0 Å². The molecule has 0 bridgehead atoms. The Labute approximate surface area is 109 Å². The fourth-order valence-electron chi connectivity index (χ4n) is 2.26. The van der Waals surface area contributed by atoms with E-state index in [0.717, 1.165) is 30.4 Å². The van der Waals surface area contributed by atoms with Gasteiger partial charge in [-0.15, -0.1) is 0 Å². The molecule has 2 atom stereocenters. The molecule has 0 radical (unpaired) electrons. The molecule has 0 spiro atoms. The molecule has 4 heteroatoms. The van der Waals surface area contributed by atoms with E-state index in [4.69, 9.17) is 0 Å². The molecular formula is C13H16BrF2N. The van der Waals surface area contributed by atoms with Crippen molar-refractivity contribution in [1.29, 1.82) is 0 Å². The molecule has 2 rings (SSSR count). The molecule has 1 aromatic rings. The zero-order chi connectivity index (χ0) is 12.3. The summed E-state index contributed by atoms with van der Waals surface area (Å²) in [7, 11) is 0. The van der Waals surface area contributed by atoms with E-state index >= 15 is 0 Å². The molecule has 0 saturated carbocycles. The molecule has 2 unspecified atom stereocenters. The van der Waals surface area contributed by atoms with E-state index in [0.29, 0.717) is 5.56 Å². The first-order valence-electron chi connectivity index (χ1n) is 5.95. The highest BCUT2D eigenvalue weighted by molar-refractivity contribution is 9.10. The van der Waals surface area contributed by atoms with Gasteiger partial charge in [-0.2, -0.15) is 0 Å². The van der Waals surface area contributed by atoms with Crippen molar-refractivity contribution in [2.24, 2.45) is 5.92 Å². The fraction of sp³-hybridized carbons (Fsp3) is 0.538. The molecule has 0 amide bonds. The van der Waals surface area contributed by atoms with Crippen molar-refractivity contribution in [1.82, 2.24) is 5.32 Å². The second-order valence-electron chi connectivity index (χ2n) is 4.56. The molecule has 1 nitrogen and oxygen atoms in total. The van der Waals surface area contributed by atoms with Gasteiger partial charge in [-0.3, -0.25) is 0 Å². The van der Waals surface area contributed by atoms with Crippen LogP contribution in [0.1, 0.15) is 18.4 Å². The second kappa shape index (κ2) is 5.91. The lowest BCUT2D eigenvalue weighted by Gasteiger charge is -2.26. The van der Waals surface area contributed by atoms with E-state index in [9.17, 15) is 8.78 Å². The molecule has 1 heterocycles. The lowest BCUT2D eigenvalue weighted by atomic mass is 9.91. The van der Waals surface area contributed by atoms with Crippen LogP contribution in [0.25, 0.3) is 0 Å². The first kappa shape index (κ1) is 13.0. The zero-order valence-electron chi connectivity index (χ0n) is 9.56. The van der Waals surface area contributed by atoms with E-state index in [1.165, 1.54) is 12.1 Å². The fourth-order valence-corrected chi connectivity index (χ4v) is 2.67. The molecule has 1 saturated heterocycles. The Kier molecular flexibility index (Phi) is 4.51. The van der Waals surface area contributed by atoms with Gasteiger partial charge in [0.05, 0.1) is 0 Å². The summed E-state index contributed by atoms with van der Waals surface area (Å²) >= 11 is 3.33. The van der Waals surface area contributed by atoms with Crippen molar-refractivity contribution < 1.29 is 8.78 Å². The molecule has 0 aliphatic carbocycles. The Balaban J connectivity index is 2.01. The first-order chi connectivity index (χ1) is 8.16. The Hall–Kier alpha value is -0.480. The number of rotatable bonds is 3. The van der Waals surface area contributed by atoms with E-state index in [-0.39, 0.29) is 18.2 Å². The van der Waals surface area contributed by atoms with Gasteiger partial charge in [0, 0.05) is 23.4 Å². The maximum atomic E-state index is 14.1. The highest BCUT2D eigenvalue weighted by Crippen LogP contribution is 2.25. The standard InChI is InChI=1S/C13H16BrF2N/c14-12-4-3-11(15)6-10(12)7-13(16)9-2-1-5-17-8-9/h3-4,6,9,13,17H,1-2,5,7-8H2. The smallest absolute Gasteiger partial charge is 0.123 e. The van der Waals surface area contributed by atoms with Crippen LogP contribution in [0.4, 0.5) is 8.78 Å². The number of nitrogens with one attached hydrogen (secondary N) is 1. The number of halogens is 3. The summed E-state index contributed by atoms with van der Waals surface area (Å²) in [5.41, 5.74) is 0.711. The summed E-state index contributed by atoms with van der Waals surface area (Å²) in [6.07, 6.45) is 1.32. The largest absolute Gasteiger partial charge is 0.316 e. The minimum absolute atomic E-state index is 0.0546. The minimum Gasteiger partial charge on any atom is -0.316 e. The summed E-state index contributed by atoms with van der Waals surface area (Å²) in [4.78, 5) is 0. The number of piperidine rings is 1. The molecule has 1 aromatic carbocycles. The molecule has 1 aliphatic heterocycles. The summed E-state index contributed by atoms with van der Waals surface area (Å²) in [6.45, 7) is 1.71. The van der Waals surface area contributed by atoms with E-state index in [2.05, 4.69) is 21.2 Å². The van der Waals surface area contributed by atoms with E-state index < -0.39 is 6.17 Å². The van der Waals surface area contributed by atoms with Gasteiger partial charge in [-0.05, 0) is 43.1 Å². The maximum Gasteiger partial charge on any atom is 0.123 e. The zero-order valence-corrected chi connectivity index (χ0v) is 11.1. The SMILES string of the molecule is Fc1ccc(Br)c(CC(F)C2CCCNC2)c1. The summed E-state index contributed by atoms with van der Waals surface area (Å²) in [6, 6.07) is 4.42. The van der Waals surface area contributed by atoms with E-state index in [1.54, 1.807) is 6.07 Å². The van der Waals surface area contributed by atoms with Crippen molar-refractivity contribution >= 4 is 15.9 Å². The normalized spacial score (nSPS) is 22.4. The Bertz CT molecular complexity index is 378. The first-order valence-corrected chi connectivity index (χ1v) is 6.75. The average Bonchev–Trinajstić information content (AvgIpc) is 2.35. The van der Waals surface area contributed by atoms with Gasteiger partial charge in [0.15, 0.2) is 0 Å². The molecule has 0 aromatic heterocycles. The van der Waals surface area contributed by atoms with Crippen LogP contribution < -0.4 is 5.32 Å². The van der Waals surface area contributed by atoms with Crippen molar-refractivity contribution in [3.63, 3.8) is 0 Å². The van der Waals surface area contributed by atoms with Gasteiger partial charge < -0.3 is 5.32 Å². The number of alkyl halides is 1. The van der Waals surface area contributed by atoms with Crippen molar-refractivity contribution in [3.8, 4) is 0 Å². The number of benzene rings is 1. The van der Waals surface area contributed by atoms with Crippen molar-refractivity contribution in [2.75, 3.05) is 13.1 Å². The predicted molar refractivity (Wildman–Crippen MR) is 68.3 cm³/mol. The van der Waals surface area contributed by atoms with Crippen LogP contribution in [-0.2, 0) is 6.42 Å². The highest BCUT2D eigenvalue weighted by Gasteiger charge is 2.24. The van der Waals surface area contributed by atoms with Gasteiger partial charge in [-0.25, -0.2) is 8.78 Å². The van der Waals surface area contributed by atoms with Crippen molar-refractivity contribution in [3.05, 3.63) is 34.1 Å². The lowest BCUT2D eigenvalue weighted by molar-refractivity contribution is 0.191. The van der Waals surface area contributed by atoms with Crippen LogP contribution in [0.3, 0.4) is 0 Å². The lowest BCUT2D eigenvalue weighted by Crippen LogP contribution is -2.35. The highest BCUT2D eigenvalue weighted by atomic mass is 79.9. The average molecular weight is 304 g/mol. The molecule has 17 heavy (non-hydrogen) atoms. The minimum atomic E-state index is -0.902. The van der Waals surface area contributed by atoms with Crippen LogP contribution in [0.5, 0.6) is 0 Å². The number of hydrogen-bond acceptors (Lipinski definition) is 1. The second-order valence-corrected chi connectivity index (χ2v) is 5.42. The van der Waals surface area contributed by atoms with Gasteiger partial charge in [0.2, 0.25) is 0 Å². The molecular weight excluding hydrogens is 288 g/mol. The van der Waals surface area contributed by atoms with Crippen LogP contribution in [0.15, 0.2) is 22.7 Å². The molecule has 1 fully saturated rings. The topological polar surface area (TPSA) is 12.0 Å². The third-order valence-corrected chi connectivity index (χ3v) is 4.04. The van der Waals surface area contributed by atoms with Gasteiger partial charge in [-0.1, -0.05) is 15.9 Å². The summed E-state index contributed by atoms with van der Waals surface area (Å²) in [5, 5.41) is 3.20. The quantitative estimate of drug-likeness (QED) is 0.901. The van der Waals surface area contributed by atoms with Crippen molar-refractivity contribution in [2.45, 2.75) is 25.4 Å². The third-order valence-electron chi connectivity index (χ3n) is 3.27. The Morgan fingerprint density at radius 2 is 2.29 bits per heavy atom. The van der Waals surface area contributed by atoms with Gasteiger partial charge in [0.25, 0.3) is 0 Å². The van der Waals surface area contributed by atoms with Crippen LogP contribution in [-0.4, -0.2) is 19.3 Å². The maximum absolute atomic E-state index is 14.1. The van der Waals surface area contributed by atoms with E-state index in [1.807, 2.05) is 0 Å². The van der Waals surface area contributed by atoms with Crippen LogP contribution in [0, 0.1) is 11.7 Å². The molecule has 1 aliphatic rings. The summed E-state index contributed by atoms with van der Waals surface area (Å²) in [5.74, 6) is -0.254. The predicted octanol–water partition coefficient (Wildman–Crippen LogP) is 3.47. The summed E-state index contributed by atoms with van der Waals surface area (Å²) < 4.78 is 28.0. The van der Waals surface area contributed by atoms with Crippen LogP contribution >= 0.6 is 15.9 Å². The van der Waals surface area contributed by atoms with Gasteiger partial charge >= 0.3 is 0 Å². The molecule has 1 N–H and O–H groups in total.